The Morgan fingerprint density at radius 2 is 2.07 bits per heavy atom. The summed E-state index contributed by atoms with van der Waals surface area (Å²) >= 11 is 0. The van der Waals surface area contributed by atoms with Gasteiger partial charge in [0.05, 0.1) is 0 Å². The molecule has 4 rings (SSSR count). The summed E-state index contributed by atoms with van der Waals surface area (Å²) in [7, 11) is 0. The van der Waals surface area contributed by atoms with E-state index in [1.165, 1.54) is 50.8 Å². The van der Waals surface area contributed by atoms with E-state index >= 15 is 0 Å². The van der Waals surface area contributed by atoms with Crippen molar-refractivity contribution in [1.29, 1.82) is 0 Å². The van der Waals surface area contributed by atoms with Crippen LogP contribution in [0.5, 0.6) is 5.75 Å². The monoisotopic (exact) mass is 384 g/mol. The summed E-state index contributed by atoms with van der Waals surface area (Å²) in [6.07, 6.45) is 11.5. The molecule has 0 N–H and O–H groups in total. The fraction of sp³-hybridized carbons (Fsp3) is 0.682. The van der Waals surface area contributed by atoms with Crippen molar-refractivity contribution in [3.63, 3.8) is 0 Å². The van der Waals surface area contributed by atoms with Crippen LogP contribution in [0.25, 0.3) is 11.5 Å². The highest BCUT2D eigenvalue weighted by Crippen LogP contribution is 2.44. The molecule has 28 heavy (non-hydrogen) atoms. The van der Waals surface area contributed by atoms with E-state index in [4.69, 9.17) is 9.26 Å². The van der Waals surface area contributed by atoms with E-state index in [1.807, 2.05) is 12.3 Å². The first kappa shape index (κ1) is 19.4. The highest BCUT2D eigenvalue weighted by atomic mass is 16.5. The first-order valence-electron chi connectivity index (χ1n) is 10.9. The summed E-state index contributed by atoms with van der Waals surface area (Å²) in [6.45, 7) is 7.68. The lowest BCUT2D eigenvalue weighted by Crippen LogP contribution is -2.37. The SMILES string of the molecule is CCCCc1nc(-c2cc(OC(C)CN3CCCCC3)c(C3CC3)cn2)no1. The maximum absolute atomic E-state index is 6.42. The molecule has 2 aromatic heterocycles. The van der Waals surface area contributed by atoms with Crippen LogP contribution in [0.3, 0.4) is 0 Å². The first-order chi connectivity index (χ1) is 13.7. The average Bonchev–Trinajstić information content (AvgIpc) is 3.44. The molecule has 1 saturated carbocycles. The zero-order valence-corrected chi connectivity index (χ0v) is 17.2. The van der Waals surface area contributed by atoms with E-state index < -0.39 is 0 Å². The van der Waals surface area contributed by atoms with Gasteiger partial charge in [-0.25, -0.2) is 0 Å². The molecule has 2 fully saturated rings. The summed E-state index contributed by atoms with van der Waals surface area (Å²) in [5.74, 6) is 2.77. The normalized spacial score (nSPS) is 18.9. The van der Waals surface area contributed by atoms with Crippen molar-refractivity contribution in [3.8, 4) is 17.3 Å². The molecule has 6 heteroatoms. The number of aromatic nitrogens is 3. The number of pyridine rings is 1. The molecular weight excluding hydrogens is 352 g/mol. The maximum Gasteiger partial charge on any atom is 0.227 e. The second-order valence-corrected chi connectivity index (χ2v) is 8.29. The van der Waals surface area contributed by atoms with Crippen molar-refractivity contribution in [1.82, 2.24) is 20.0 Å². The third-order valence-corrected chi connectivity index (χ3v) is 5.65. The van der Waals surface area contributed by atoms with Crippen molar-refractivity contribution < 1.29 is 9.26 Å². The van der Waals surface area contributed by atoms with E-state index in [0.717, 1.165) is 37.3 Å². The van der Waals surface area contributed by atoms with Crippen LogP contribution in [0.4, 0.5) is 0 Å². The van der Waals surface area contributed by atoms with E-state index in [2.05, 4.69) is 33.9 Å². The Balaban J connectivity index is 1.48. The molecule has 1 unspecified atom stereocenters. The van der Waals surface area contributed by atoms with Crippen molar-refractivity contribution in [2.75, 3.05) is 19.6 Å². The highest BCUT2D eigenvalue weighted by Gasteiger charge is 2.29. The van der Waals surface area contributed by atoms with Crippen molar-refractivity contribution >= 4 is 0 Å². The van der Waals surface area contributed by atoms with Gasteiger partial charge in [0.25, 0.3) is 0 Å². The number of nitrogens with zero attached hydrogens (tertiary/aromatic N) is 4. The Bertz CT molecular complexity index is 766. The fourth-order valence-electron chi connectivity index (χ4n) is 3.92. The molecule has 0 bridgehead atoms. The Morgan fingerprint density at radius 1 is 1.25 bits per heavy atom. The lowest BCUT2D eigenvalue weighted by atomic mass is 10.1. The third kappa shape index (κ3) is 4.90. The van der Waals surface area contributed by atoms with Crippen LogP contribution >= 0.6 is 0 Å². The molecule has 0 aromatic carbocycles. The predicted molar refractivity (Wildman–Crippen MR) is 108 cm³/mol. The van der Waals surface area contributed by atoms with E-state index in [0.29, 0.717) is 17.6 Å². The zero-order chi connectivity index (χ0) is 19.3. The smallest absolute Gasteiger partial charge is 0.227 e. The van der Waals surface area contributed by atoms with E-state index in [9.17, 15) is 0 Å². The van der Waals surface area contributed by atoms with Crippen LogP contribution in [0.2, 0.25) is 0 Å². The standard InChI is InChI=1S/C22H32N4O2/c1-3-4-8-21-24-22(25-28-21)19-13-20(18(14-23-19)17-9-10-17)27-16(2)15-26-11-6-5-7-12-26/h13-14,16-17H,3-12,15H2,1-2H3. The van der Waals surface area contributed by atoms with Crippen molar-refractivity contribution in [2.24, 2.45) is 0 Å². The van der Waals surface area contributed by atoms with Gasteiger partial charge in [-0.05, 0) is 58.0 Å². The Morgan fingerprint density at radius 3 is 2.82 bits per heavy atom. The highest BCUT2D eigenvalue weighted by molar-refractivity contribution is 5.54. The molecule has 152 valence electrons. The van der Waals surface area contributed by atoms with Gasteiger partial charge in [-0.3, -0.25) is 9.88 Å². The topological polar surface area (TPSA) is 64.3 Å². The van der Waals surface area contributed by atoms with E-state index in [1.54, 1.807) is 0 Å². The minimum absolute atomic E-state index is 0.149. The number of ether oxygens (including phenoxy) is 1. The second kappa shape index (κ2) is 9.03. The van der Waals surface area contributed by atoms with Gasteiger partial charge < -0.3 is 9.26 Å². The lowest BCUT2D eigenvalue weighted by Gasteiger charge is -2.29. The van der Waals surface area contributed by atoms with Crippen LogP contribution in [-0.4, -0.2) is 45.8 Å². The summed E-state index contributed by atoms with van der Waals surface area (Å²) in [5, 5.41) is 4.13. The molecule has 1 aliphatic heterocycles. The molecular formula is C22H32N4O2. The van der Waals surface area contributed by atoms with Gasteiger partial charge in [0.1, 0.15) is 17.5 Å². The summed E-state index contributed by atoms with van der Waals surface area (Å²) < 4.78 is 11.8. The molecule has 1 atom stereocenters. The molecule has 0 radical (unpaired) electrons. The number of aryl methyl sites for hydroxylation is 1. The molecule has 2 aromatic rings. The van der Waals surface area contributed by atoms with Gasteiger partial charge in [-0.2, -0.15) is 4.98 Å². The van der Waals surface area contributed by atoms with Gasteiger partial charge >= 0.3 is 0 Å². The van der Waals surface area contributed by atoms with Gasteiger partial charge in [0, 0.05) is 30.8 Å². The number of unbranched alkanes of at least 4 members (excludes halogenated alkanes) is 1. The molecule has 0 amide bonds. The molecule has 1 aliphatic carbocycles. The molecule has 0 spiro atoms. The van der Waals surface area contributed by atoms with Crippen LogP contribution in [0.15, 0.2) is 16.8 Å². The van der Waals surface area contributed by atoms with Gasteiger partial charge in [0.2, 0.25) is 11.7 Å². The number of rotatable bonds is 9. The van der Waals surface area contributed by atoms with Crippen LogP contribution in [-0.2, 0) is 6.42 Å². The first-order valence-corrected chi connectivity index (χ1v) is 10.9. The van der Waals surface area contributed by atoms with Gasteiger partial charge in [-0.15, -0.1) is 0 Å². The summed E-state index contributed by atoms with van der Waals surface area (Å²) in [5.41, 5.74) is 1.96. The molecule has 6 nitrogen and oxygen atoms in total. The zero-order valence-electron chi connectivity index (χ0n) is 17.2. The quantitative estimate of drug-likeness (QED) is 0.629. The second-order valence-electron chi connectivity index (χ2n) is 8.29. The Labute approximate surface area is 167 Å². The summed E-state index contributed by atoms with van der Waals surface area (Å²) in [6, 6.07) is 2.01. The fourth-order valence-corrected chi connectivity index (χ4v) is 3.92. The van der Waals surface area contributed by atoms with Crippen LogP contribution in [0.1, 0.15) is 76.2 Å². The average molecular weight is 385 g/mol. The Kier molecular flexibility index (Phi) is 6.25. The third-order valence-electron chi connectivity index (χ3n) is 5.65. The predicted octanol–water partition coefficient (Wildman–Crippen LogP) is 4.60. The minimum Gasteiger partial charge on any atom is -0.489 e. The number of hydrogen-bond donors (Lipinski definition) is 0. The van der Waals surface area contributed by atoms with Crippen LogP contribution < -0.4 is 4.74 Å². The summed E-state index contributed by atoms with van der Waals surface area (Å²) in [4.78, 5) is 11.7. The largest absolute Gasteiger partial charge is 0.489 e. The van der Waals surface area contributed by atoms with Gasteiger partial charge in [0.15, 0.2) is 0 Å². The number of hydrogen-bond acceptors (Lipinski definition) is 6. The maximum atomic E-state index is 6.42. The van der Waals surface area contributed by atoms with Crippen LogP contribution in [0, 0.1) is 0 Å². The van der Waals surface area contributed by atoms with Gasteiger partial charge in [-0.1, -0.05) is 24.9 Å². The molecule has 2 aliphatic rings. The van der Waals surface area contributed by atoms with E-state index in [-0.39, 0.29) is 6.10 Å². The van der Waals surface area contributed by atoms with Crippen molar-refractivity contribution in [2.45, 2.75) is 77.2 Å². The minimum atomic E-state index is 0.149. The Hall–Kier alpha value is -1.95. The molecule has 3 heterocycles. The number of piperidine rings is 1. The lowest BCUT2D eigenvalue weighted by molar-refractivity contribution is 0.129. The van der Waals surface area contributed by atoms with Crippen molar-refractivity contribution in [3.05, 3.63) is 23.7 Å². The number of likely N-dealkylation sites (tertiary alicyclic amines) is 1. The molecule has 1 saturated heterocycles.